The summed E-state index contributed by atoms with van der Waals surface area (Å²) in [7, 11) is 0. The first-order valence-corrected chi connectivity index (χ1v) is 40.7. The molecule has 18 rings (SSSR count). The topological polar surface area (TPSA) is 158 Å². The molecule has 16 bridgehead atoms. The van der Waals surface area contributed by atoms with E-state index in [-0.39, 0.29) is 139 Å². The van der Waals surface area contributed by atoms with Gasteiger partial charge in [0.1, 0.15) is 35.1 Å². The molecule has 0 amide bonds. The average Bonchev–Trinajstić information content (AvgIpc) is 1.66. The van der Waals surface area contributed by atoms with Crippen molar-refractivity contribution >= 4 is 35.8 Å². The molecule has 25 unspecified atom stereocenters. The number of carbonyl (C=O) groups excluding carboxylic acids is 6. The molecule has 0 radical (unpaired) electrons. The van der Waals surface area contributed by atoms with Gasteiger partial charge >= 0.3 is 35.8 Å². The van der Waals surface area contributed by atoms with Crippen LogP contribution in [-0.4, -0.2) is 70.9 Å². The number of esters is 6. The molecule has 12 heteroatoms. The number of carbonyl (C=O) groups is 6. The summed E-state index contributed by atoms with van der Waals surface area (Å²) in [6.45, 7) is 22.7. The summed E-state index contributed by atoms with van der Waals surface area (Å²) in [6, 6.07) is 0. The fraction of sp³-hybridized carbons (Fsp3) is 0.933. The summed E-state index contributed by atoms with van der Waals surface area (Å²) in [4.78, 5) is 78.5. The zero-order chi connectivity index (χ0) is 66.6. The molecule has 0 aromatic rings. The van der Waals surface area contributed by atoms with Crippen LogP contribution in [0.4, 0.5) is 0 Å². The Kier molecular flexibility index (Phi) is 25.0. The Morgan fingerprint density at radius 2 is 0.733 bits per heavy atom. The largest absolute Gasteiger partial charge is 0.462 e. The number of ether oxygens (including phenoxy) is 6. The van der Waals surface area contributed by atoms with E-state index in [0.29, 0.717) is 101 Å². The lowest BCUT2D eigenvalue weighted by Gasteiger charge is -2.60. The third-order valence-electron chi connectivity index (χ3n) is 33.2. The lowest BCUT2D eigenvalue weighted by molar-refractivity contribution is -0.217. The predicted octanol–water partition coefficient (Wildman–Crippen LogP) is 21.3. The van der Waals surface area contributed by atoms with E-state index < -0.39 is 10.8 Å². The monoisotopic (exact) mass is 1410 g/mol. The third kappa shape index (κ3) is 13.9. The lowest BCUT2D eigenvalue weighted by atomic mass is 9.49. The van der Waals surface area contributed by atoms with Gasteiger partial charge in [0.2, 0.25) is 0 Å². The molecule has 101 heavy (non-hydrogen) atoms. The normalized spacial score (nSPS) is 44.2. The molecule has 0 saturated heterocycles. The van der Waals surface area contributed by atoms with Gasteiger partial charge in [-0.25, -0.2) is 0 Å². The Hall–Kier alpha value is -3.18. The van der Waals surface area contributed by atoms with Gasteiger partial charge < -0.3 is 28.4 Å². The van der Waals surface area contributed by atoms with Crippen LogP contribution in [0.15, 0.2) is 0 Å². The SMILES string of the molecule is C.C.C.C.C.C.CCC(C)(C)C(=O)OC1CC2CC1C1C3CC(CC3C(=O)OC3(C)CCCCC3)C21.CCC(C)C(=O)OC1CC2CC1C1C3CC(CC3C(=O)OC3(CC)C4CC5CC(C4)CC3C5)C21.CCC1(OC(=O)C2CC3CC2C2C4CC(CC4OC(=O)C(C)(C)CC)C32)CCCCC1. The summed E-state index contributed by atoms with van der Waals surface area (Å²) < 4.78 is 37.5. The molecule has 0 heterocycles. The Bertz CT molecular complexity index is 2870. The highest BCUT2D eigenvalue weighted by Gasteiger charge is 2.71. The molecular formula is C89H150O12. The van der Waals surface area contributed by atoms with Crippen LogP contribution in [0.5, 0.6) is 0 Å². The van der Waals surface area contributed by atoms with Gasteiger partial charge in [-0.2, -0.15) is 0 Å². The van der Waals surface area contributed by atoms with Gasteiger partial charge in [-0.3, -0.25) is 28.8 Å². The molecule has 0 spiro atoms. The van der Waals surface area contributed by atoms with Gasteiger partial charge in [0.25, 0.3) is 0 Å². The second kappa shape index (κ2) is 30.8. The summed E-state index contributed by atoms with van der Waals surface area (Å²) in [6.07, 6.45) is 36.1. The quantitative estimate of drug-likeness (QED) is 0.0772. The fourth-order valence-corrected chi connectivity index (χ4v) is 28.0. The van der Waals surface area contributed by atoms with Crippen LogP contribution < -0.4 is 0 Å². The average molecular weight is 1410 g/mol. The zero-order valence-corrected chi connectivity index (χ0v) is 60.8. The molecule has 18 aliphatic rings. The van der Waals surface area contributed by atoms with Gasteiger partial charge in [0.05, 0.1) is 34.5 Å². The van der Waals surface area contributed by atoms with Gasteiger partial charge in [-0.1, -0.05) is 98.9 Å². The predicted molar refractivity (Wildman–Crippen MR) is 402 cm³/mol. The number of hydrogen-bond donors (Lipinski definition) is 0. The molecule has 12 nitrogen and oxygen atoms in total. The molecule has 578 valence electrons. The van der Waals surface area contributed by atoms with Crippen molar-refractivity contribution in [1.29, 1.82) is 0 Å². The van der Waals surface area contributed by atoms with E-state index >= 15 is 0 Å². The molecule has 0 aromatic heterocycles. The van der Waals surface area contributed by atoms with E-state index in [1.54, 1.807) is 0 Å². The van der Waals surface area contributed by atoms with Crippen molar-refractivity contribution in [3.63, 3.8) is 0 Å². The zero-order valence-electron chi connectivity index (χ0n) is 60.8. The van der Waals surface area contributed by atoms with Gasteiger partial charge in [0, 0.05) is 0 Å². The fourth-order valence-electron chi connectivity index (χ4n) is 28.0. The van der Waals surface area contributed by atoms with E-state index in [4.69, 9.17) is 28.4 Å². The highest BCUT2D eigenvalue weighted by atomic mass is 16.6. The third-order valence-corrected chi connectivity index (χ3v) is 33.2. The number of hydrogen-bond acceptors (Lipinski definition) is 12. The van der Waals surface area contributed by atoms with E-state index in [1.807, 2.05) is 34.6 Å². The van der Waals surface area contributed by atoms with Crippen LogP contribution in [-0.2, 0) is 57.2 Å². The van der Waals surface area contributed by atoms with Crippen LogP contribution in [0.3, 0.4) is 0 Å². The molecule has 0 aromatic carbocycles. The molecule has 0 aliphatic heterocycles. The Morgan fingerprint density at radius 1 is 0.386 bits per heavy atom. The highest BCUT2D eigenvalue weighted by Crippen LogP contribution is 2.73. The minimum Gasteiger partial charge on any atom is -0.462 e. The Balaban J connectivity index is 0.000000172. The van der Waals surface area contributed by atoms with Crippen LogP contribution in [0, 0.1) is 165 Å². The van der Waals surface area contributed by atoms with Crippen molar-refractivity contribution < 1.29 is 57.2 Å². The smallest absolute Gasteiger partial charge is 0.311 e. The molecule has 0 N–H and O–H groups in total. The van der Waals surface area contributed by atoms with Gasteiger partial charge in [-0.05, 0) is 357 Å². The molecule has 25 atom stereocenters. The highest BCUT2D eigenvalue weighted by molar-refractivity contribution is 5.78. The maximum atomic E-state index is 13.9. The van der Waals surface area contributed by atoms with Crippen LogP contribution >= 0.6 is 0 Å². The first-order valence-electron chi connectivity index (χ1n) is 40.7. The summed E-state index contributed by atoms with van der Waals surface area (Å²) in [5, 5.41) is 0. The van der Waals surface area contributed by atoms with E-state index in [2.05, 4.69) is 41.5 Å². The van der Waals surface area contributed by atoms with E-state index in [1.165, 1.54) is 109 Å². The maximum absolute atomic E-state index is 13.9. The second-order valence-electron chi connectivity index (χ2n) is 38.3. The first kappa shape index (κ1) is 81.9. The van der Waals surface area contributed by atoms with E-state index in [0.717, 1.165) is 126 Å². The number of rotatable bonds is 17. The van der Waals surface area contributed by atoms with Crippen molar-refractivity contribution in [3.05, 3.63) is 0 Å². The van der Waals surface area contributed by atoms with Crippen molar-refractivity contribution in [2.24, 2.45) is 165 Å². The second-order valence-corrected chi connectivity index (χ2v) is 38.3. The lowest BCUT2D eigenvalue weighted by Crippen LogP contribution is -2.60. The van der Waals surface area contributed by atoms with Crippen molar-refractivity contribution in [2.45, 2.75) is 361 Å². The Labute approximate surface area is 615 Å². The van der Waals surface area contributed by atoms with Crippen LogP contribution in [0.2, 0.25) is 0 Å². The van der Waals surface area contributed by atoms with Crippen molar-refractivity contribution in [2.75, 3.05) is 0 Å². The summed E-state index contributed by atoms with van der Waals surface area (Å²) >= 11 is 0. The minimum absolute atomic E-state index is 0. The molecular weight excluding hydrogens is 1260 g/mol. The maximum Gasteiger partial charge on any atom is 0.311 e. The summed E-state index contributed by atoms with van der Waals surface area (Å²) in [5.74, 6) is 14.5. The van der Waals surface area contributed by atoms with Crippen molar-refractivity contribution in [1.82, 2.24) is 0 Å². The minimum atomic E-state index is -0.406. The molecule has 18 saturated carbocycles. The molecule has 18 aliphatic carbocycles. The number of fused-ring (bicyclic) bond motifs is 27. The first-order chi connectivity index (χ1) is 45.4. The van der Waals surface area contributed by atoms with Gasteiger partial charge in [0.15, 0.2) is 0 Å². The molecule has 18 fully saturated rings. The van der Waals surface area contributed by atoms with Gasteiger partial charge in [-0.15, -0.1) is 0 Å². The van der Waals surface area contributed by atoms with Crippen molar-refractivity contribution in [3.8, 4) is 0 Å². The van der Waals surface area contributed by atoms with Crippen LogP contribution in [0.1, 0.15) is 326 Å². The van der Waals surface area contributed by atoms with Crippen LogP contribution in [0.25, 0.3) is 0 Å². The Morgan fingerprint density at radius 3 is 1.10 bits per heavy atom. The summed E-state index contributed by atoms with van der Waals surface area (Å²) in [5.41, 5.74) is -1.42. The standard InChI is InChI=1S/C30H44O4.C27H42O4.C26H40O4.6CH4/c1-4-15(3)28(31)33-25-14-19-13-24(25)27-22-11-18(26(19)27)12-23(22)29(32)34-30(5-2)20-7-16-6-17(9-20)10-21(30)8-16;1-5-26(3,4)25(29)30-21-15-17-14-20(21)23-18-12-16(22(17)23)13-19(18)24(28)31-27(6-2)10-8-7-9-11-27;1-5-25(2,3)24(28)29-20-14-16-13-19(20)22-17-11-15(21(16)22)12-18(17)23(27)30-26(4)9-7-6-8-10-26;;;;;;/h15-27H,4-14H2,1-3H3;16-23H,5-15H2,1-4H3;15-22H,5-14H2,1-4H3;6*1H4. The van der Waals surface area contributed by atoms with E-state index in [9.17, 15) is 28.8 Å².